The van der Waals surface area contributed by atoms with Crippen LogP contribution in [-0.2, 0) is 9.47 Å². The zero-order valence-corrected chi connectivity index (χ0v) is 13.3. The molecule has 7 nitrogen and oxygen atoms in total. The molecule has 126 valence electrons. The monoisotopic (exact) mass is 329 g/mol. The number of aromatic nitrogens is 1. The van der Waals surface area contributed by atoms with Gasteiger partial charge in [0.25, 0.3) is 5.69 Å². The molecule has 1 spiro atoms. The van der Waals surface area contributed by atoms with E-state index < -0.39 is 0 Å². The summed E-state index contributed by atoms with van der Waals surface area (Å²) in [5.74, 6) is 0. The van der Waals surface area contributed by atoms with Gasteiger partial charge in [0.15, 0.2) is 0 Å². The number of non-ortho nitro benzene ring substituents is 1. The van der Waals surface area contributed by atoms with Crippen molar-refractivity contribution in [2.75, 3.05) is 37.8 Å². The first kappa shape index (κ1) is 15.3. The highest BCUT2D eigenvalue weighted by Gasteiger charge is 2.39. The van der Waals surface area contributed by atoms with Crippen LogP contribution >= 0.6 is 0 Å². The first-order valence-corrected chi connectivity index (χ1v) is 8.17. The van der Waals surface area contributed by atoms with Crippen LogP contribution < -0.4 is 4.90 Å². The van der Waals surface area contributed by atoms with Gasteiger partial charge >= 0.3 is 0 Å². The van der Waals surface area contributed by atoms with Crippen molar-refractivity contribution in [2.24, 2.45) is 0 Å². The van der Waals surface area contributed by atoms with Crippen LogP contribution in [-0.4, -0.2) is 48.4 Å². The van der Waals surface area contributed by atoms with E-state index in [9.17, 15) is 10.1 Å². The summed E-state index contributed by atoms with van der Waals surface area (Å²) in [4.78, 5) is 17.6. The molecule has 2 aromatic rings. The second kappa shape index (κ2) is 5.99. The van der Waals surface area contributed by atoms with Crippen molar-refractivity contribution >= 4 is 22.3 Å². The fourth-order valence-electron chi connectivity index (χ4n) is 3.65. The van der Waals surface area contributed by atoms with Gasteiger partial charge < -0.3 is 14.4 Å². The molecule has 0 amide bonds. The van der Waals surface area contributed by atoms with Crippen LogP contribution in [0.25, 0.3) is 10.9 Å². The van der Waals surface area contributed by atoms with Crippen LogP contribution in [0.4, 0.5) is 11.4 Å². The molecular weight excluding hydrogens is 310 g/mol. The minimum absolute atomic E-state index is 0.0934. The molecule has 0 atom stereocenters. The van der Waals surface area contributed by atoms with E-state index in [1.54, 1.807) is 24.4 Å². The molecule has 4 rings (SSSR count). The summed E-state index contributed by atoms with van der Waals surface area (Å²) in [5.41, 5.74) is 1.52. The Morgan fingerprint density at radius 3 is 2.83 bits per heavy atom. The Kier molecular flexibility index (Phi) is 3.82. The number of morpholine rings is 1. The van der Waals surface area contributed by atoms with Gasteiger partial charge in [-0.05, 0) is 18.2 Å². The van der Waals surface area contributed by atoms with Crippen molar-refractivity contribution in [3.8, 4) is 0 Å². The van der Waals surface area contributed by atoms with Crippen LogP contribution in [0.15, 0.2) is 30.5 Å². The predicted octanol–water partition coefficient (Wildman–Crippen LogP) is 2.53. The quantitative estimate of drug-likeness (QED) is 0.622. The van der Waals surface area contributed by atoms with Crippen LogP contribution in [0.5, 0.6) is 0 Å². The van der Waals surface area contributed by atoms with E-state index in [0.29, 0.717) is 30.7 Å². The van der Waals surface area contributed by atoms with Crippen molar-refractivity contribution in [1.82, 2.24) is 4.98 Å². The smallest absolute Gasteiger partial charge is 0.278 e. The van der Waals surface area contributed by atoms with Gasteiger partial charge in [0, 0.05) is 51.4 Å². The number of pyridine rings is 1. The summed E-state index contributed by atoms with van der Waals surface area (Å²) in [7, 11) is 0. The van der Waals surface area contributed by atoms with Crippen LogP contribution in [0.1, 0.15) is 12.8 Å². The highest BCUT2D eigenvalue weighted by Crippen LogP contribution is 2.36. The third-order valence-electron chi connectivity index (χ3n) is 4.92. The fourth-order valence-corrected chi connectivity index (χ4v) is 3.65. The molecule has 1 aromatic heterocycles. The van der Waals surface area contributed by atoms with E-state index in [-0.39, 0.29) is 16.2 Å². The summed E-state index contributed by atoms with van der Waals surface area (Å²) in [5, 5.41) is 11.9. The van der Waals surface area contributed by atoms with Crippen molar-refractivity contribution < 1.29 is 14.4 Å². The lowest BCUT2D eigenvalue weighted by Gasteiger charge is -2.45. The maximum atomic E-state index is 11.3. The lowest BCUT2D eigenvalue weighted by molar-refractivity contribution is -0.383. The predicted molar refractivity (Wildman–Crippen MR) is 89.3 cm³/mol. The molecule has 2 saturated heterocycles. The number of hydrogen-bond acceptors (Lipinski definition) is 6. The van der Waals surface area contributed by atoms with E-state index in [0.717, 1.165) is 31.6 Å². The number of nitrogens with zero attached hydrogens (tertiary/aromatic N) is 3. The standard InChI is InChI=1S/C17H19N3O4/c21-20(22)14-3-4-15(16-13(14)2-1-7-18-16)19-8-11-24-17(12-19)5-9-23-10-6-17/h1-4,7H,5-6,8-12H2. The number of rotatable bonds is 2. The lowest BCUT2D eigenvalue weighted by atomic mass is 9.91. The van der Waals surface area contributed by atoms with Gasteiger partial charge in [-0.3, -0.25) is 15.1 Å². The fraction of sp³-hybridized carbons (Fsp3) is 0.471. The minimum Gasteiger partial charge on any atom is -0.381 e. The second-order valence-corrected chi connectivity index (χ2v) is 6.33. The molecule has 0 N–H and O–H groups in total. The second-order valence-electron chi connectivity index (χ2n) is 6.33. The van der Waals surface area contributed by atoms with Crippen LogP contribution in [0.3, 0.4) is 0 Å². The third-order valence-corrected chi connectivity index (χ3v) is 4.92. The Morgan fingerprint density at radius 2 is 2.04 bits per heavy atom. The molecule has 0 unspecified atom stereocenters. The largest absolute Gasteiger partial charge is 0.381 e. The van der Waals surface area contributed by atoms with Crippen molar-refractivity contribution in [2.45, 2.75) is 18.4 Å². The summed E-state index contributed by atoms with van der Waals surface area (Å²) < 4.78 is 11.5. The van der Waals surface area contributed by atoms with E-state index in [1.165, 1.54) is 0 Å². The average Bonchev–Trinajstić information content (AvgIpc) is 2.61. The van der Waals surface area contributed by atoms with E-state index >= 15 is 0 Å². The lowest BCUT2D eigenvalue weighted by Crippen LogP contribution is -2.54. The molecule has 0 aliphatic carbocycles. The van der Waals surface area contributed by atoms with Crippen molar-refractivity contribution in [1.29, 1.82) is 0 Å². The summed E-state index contributed by atoms with van der Waals surface area (Å²) in [6.45, 7) is 3.59. The number of ether oxygens (including phenoxy) is 2. The number of hydrogen-bond donors (Lipinski definition) is 0. The molecule has 3 heterocycles. The van der Waals surface area contributed by atoms with Gasteiger partial charge in [0.1, 0.15) is 5.52 Å². The Bertz CT molecular complexity index is 768. The first-order chi connectivity index (χ1) is 11.7. The van der Waals surface area contributed by atoms with Crippen molar-refractivity contribution in [3.63, 3.8) is 0 Å². The van der Waals surface area contributed by atoms with E-state index in [4.69, 9.17) is 9.47 Å². The maximum absolute atomic E-state index is 11.3. The molecule has 7 heteroatoms. The molecule has 0 bridgehead atoms. The molecular formula is C17H19N3O4. The summed E-state index contributed by atoms with van der Waals surface area (Å²) in [6, 6.07) is 6.88. The van der Waals surface area contributed by atoms with E-state index in [2.05, 4.69) is 9.88 Å². The average molecular weight is 329 g/mol. The van der Waals surface area contributed by atoms with Crippen molar-refractivity contribution in [3.05, 3.63) is 40.6 Å². The Labute approximate surface area is 139 Å². The maximum Gasteiger partial charge on any atom is 0.278 e. The molecule has 1 aromatic carbocycles. The highest BCUT2D eigenvalue weighted by molar-refractivity contribution is 5.97. The van der Waals surface area contributed by atoms with Gasteiger partial charge in [0.05, 0.1) is 28.2 Å². The number of fused-ring (bicyclic) bond motifs is 1. The number of nitro groups is 1. The molecule has 0 saturated carbocycles. The van der Waals surface area contributed by atoms with Gasteiger partial charge in [-0.2, -0.15) is 0 Å². The third kappa shape index (κ3) is 2.59. The summed E-state index contributed by atoms with van der Waals surface area (Å²) in [6.07, 6.45) is 3.43. The molecule has 2 aliphatic rings. The zero-order chi connectivity index (χ0) is 16.6. The topological polar surface area (TPSA) is 77.7 Å². The first-order valence-electron chi connectivity index (χ1n) is 8.17. The van der Waals surface area contributed by atoms with Gasteiger partial charge in [0.2, 0.25) is 0 Å². The van der Waals surface area contributed by atoms with Crippen LogP contribution in [0.2, 0.25) is 0 Å². The molecule has 2 aliphatic heterocycles. The number of benzene rings is 1. The SMILES string of the molecule is O=[N+]([O-])c1ccc(N2CCOC3(CCOCC3)C2)c2ncccc12. The van der Waals surface area contributed by atoms with Gasteiger partial charge in [-0.15, -0.1) is 0 Å². The highest BCUT2D eigenvalue weighted by atomic mass is 16.6. The van der Waals surface area contributed by atoms with Crippen LogP contribution in [0, 0.1) is 10.1 Å². The molecule has 2 fully saturated rings. The minimum atomic E-state index is -0.354. The number of anilines is 1. The molecule has 24 heavy (non-hydrogen) atoms. The number of nitro benzene ring substituents is 1. The normalized spacial score (nSPS) is 20.4. The Morgan fingerprint density at radius 1 is 1.21 bits per heavy atom. The van der Waals surface area contributed by atoms with E-state index in [1.807, 2.05) is 6.07 Å². The summed E-state index contributed by atoms with van der Waals surface area (Å²) >= 11 is 0. The Hall–Kier alpha value is -2.25. The Balaban J connectivity index is 1.74. The molecule has 0 radical (unpaired) electrons. The van der Waals surface area contributed by atoms with Gasteiger partial charge in [-0.1, -0.05) is 0 Å². The van der Waals surface area contributed by atoms with Gasteiger partial charge in [-0.25, -0.2) is 0 Å². The zero-order valence-electron chi connectivity index (χ0n) is 13.3.